The van der Waals surface area contributed by atoms with Gasteiger partial charge >= 0.3 is 5.97 Å². The molecule has 0 aromatic heterocycles. The molecular weight excluding hydrogens is 288 g/mol. The van der Waals surface area contributed by atoms with E-state index in [1.54, 1.807) is 0 Å². The first kappa shape index (κ1) is 12.4. The van der Waals surface area contributed by atoms with Gasteiger partial charge < -0.3 is 4.74 Å². The quantitative estimate of drug-likeness (QED) is 0.557. The van der Waals surface area contributed by atoms with Crippen molar-refractivity contribution in [1.82, 2.24) is 0 Å². The molecule has 12 heavy (non-hydrogen) atoms. The molecule has 0 spiro atoms. The van der Waals surface area contributed by atoms with Crippen LogP contribution < -0.4 is 0 Å². The third-order valence-electron chi connectivity index (χ3n) is 1.34. The Morgan fingerprint density at radius 1 is 1.58 bits per heavy atom. The van der Waals surface area contributed by atoms with Crippen molar-refractivity contribution in [2.75, 3.05) is 11.9 Å². The van der Waals surface area contributed by atoms with Gasteiger partial charge in [-0.1, -0.05) is 31.9 Å². The van der Waals surface area contributed by atoms with Crippen molar-refractivity contribution in [3.8, 4) is 0 Å². The molecule has 0 amide bonds. The van der Waals surface area contributed by atoms with Crippen molar-refractivity contribution >= 4 is 37.8 Å². The second-order valence-corrected chi connectivity index (χ2v) is 4.53. The molecule has 0 fully saturated rings. The fourth-order valence-electron chi connectivity index (χ4n) is 0.801. The zero-order valence-electron chi connectivity index (χ0n) is 7.19. The van der Waals surface area contributed by atoms with Crippen LogP contribution in [0.25, 0.3) is 0 Å². The average Bonchev–Trinajstić information content (AvgIpc) is 2.01. The minimum atomic E-state index is -0.117. The number of carbonyl (C=O) groups excluding carboxylic acids is 1. The van der Waals surface area contributed by atoms with Crippen molar-refractivity contribution in [2.24, 2.45) is 0 Å². The zero-order chi connectivity index (χ0) is 9.40. The van der Waals surface area contributed by atoms with E-state index in [0.717, 1.165) is 18.2 Å². The van der Waals surface area contributed by atoms with E-state index in [4.69, 9.17) is 4.74 Å². The van der Waals surface area contributed by atoms with E-state index in [1.807, 2.05) is 6.92 Å². The fraction of sp³-hybridized carbons (Fsp3) is 0.875. The summed E-state index contributed by atoms with van der Waals surface area (Å²) >= 11 is 6.77. The highest BCUT2D eigenvalue weighted by atomic mass is 79.9. The van der Waals surface area contributed by atoms with Crippen LogP contribution >= 0.6 is 31.9 Å². The molecule has 0 aromatic rings. The molecule has 0 N–H and O–H groups in total. The predicted octanol–water partition coefficient (Wildman–Crippen LogP) is 2.88. The van der Waals surface area contributed by atoms with E-state index in [-0.39, 0.29) is 10.8 Å². The van der Waals surface area contributed by atoms with Crippen molar-refractivity contribution in [3.05, 3.63) is 0 Å². The molecule has 0 bridgehead atoms. The van der Waals surface area contributed by atoms with Crippen LogP contribution in [-0.4, -0.2) is 22.7 Å². The fourth-order valence-corrected chi connectivity index (χ4v) is 1.71. The van der Waals surface area contributed by atoms with Crippen molar-refractivity contribution in [2.45, 2.75) is 31.0 Å². The first-order valence-corrected chi connectivity index (χ1v) is 6.10. The van der Waals surface area contributed by atoms with Gasteiger partial charge in [-0.25, -0.2) is 0 Å². The van der Waals surface area contributed by atoms with Gasteiger partial charge in [-0.05, 0) is 19.8 Å². The molecule has 4 heteroatoms. The molecule has 0 rings (SSSR count). The van der Waals surface area contributed by atoms with Crippen LogP contribution in [0, 0.1) is 0 Å². The molecule has 72 valence electrons. The highest BCUT2D eigenvalue weighted by molar-refractivity contribution is 9.09. The minimum absolute atomic E-state index is 0.117. The van der Waals surface area contributed by atoms with Gasteiger partial charge in [0.1, 0.15) is 0 Å². The molecule has 2 nitrogen and oxygen atoms in total. The third kappa shape index (κ3) is 7.10. The Hall–Kier alpha value is 0.430. The van der Waals surface area contributed by atoms with Gasteiger partial charge in [-0.2, -0.15) is 0 Å². The van der Waals surface area contributed by atoms with Crippen molar-refractivity contribution in [3.63, 3.8) is 0 Å². The van der Waals surface area contributed by atoms with Crippen LogP contribution in [0.1, 0.15) is 26.2 Å². The van der Waals surface area contributed by atoms with Gasteiger partial charge in [-0.15, -0.1) is 0 Å². The summed E-state index contributed by atoms with van der Waals surface area (Å²) in [6, 6.07) is 0. The highest BCUT2D eigenvalue weighted by Crippen LogP contribution is 2.13. The summed E-state index contributed by atoms with van der Waals surface area (Å²) in [5.41, 5.74) is 0. The number of carbonyl (C=O) groups is 1. The third-order valence-corrected chi connectivity index (χ3v) is 2.69. The standard InChI is InChI=1S/C8H14Br2O2/c1-2-12-8(11)6-7(10)4-3-5-9/h7H,2-6H2,1H3. The molecule has 0 aliphatic heterocycles. The molecule has 0 saturated carbocycles. The molecule has 0 aliphatic rings. The van der Waals surface area contributed by atoms with E-state index in [0.29, 0.717) is 13.0 Å². The average molecular weight is 302 g/mol. The molecule has 0 radical (unpaired) electrons. The number of alkyl halides is 2. The van der Waals surface area contributed by atoms with Gasteiger partial charge in [0, 0.05) is 10.2 Å². The summed E-state index contributed by atoms with van der Waals surface area (Å²) < 4.78 is 4.81. The maximum absolute atomic E-state index is 11.0. The van der Waals surface area contributed by atoms with Crippen LogP contribution in [-0.2, 0) is 9.53 Å². The Morgan fingerprint density at radius 2 is 2.25 bits per heavy atom. The number of rotatable bonds is 6. The van der Waals surface area contributed by atoms with Crippen LogP contribution in [0.3, 0.4) is 0 Å². The molecule has 0 aromatic carbocycles. The molecule has 0 heterocycles. The molecule has 0 aliphatic carbocycles. The zero-order valence-corrected chi connectivity index (χ0v) is 10.4. The summed E-state index contributed by atoms with van der Waals surface area (Å²) in [7, 11) is 0. The molecule has 0 saturated heterocycles. The molecule has 1 atom stereocenters. The van der Waals surface area contributed by atoms with E-state index in [1.165, 1.54) is 0 Å². The Balaban J connectivity index is 3.40. The number of esters is 1. The van der Waals surface area contributed by atoms with Gasteiger partial charge in [0.05, 0.1) is 13.0 Å². The van der Waals surface area contributed by atoms with Gasteiger partial charge in [-0.3, -0.25) is 4.79 Å². The number of hydrogen-bond donors (Lipinski definition) is 0. The minimum Gasteiger partial charge on any atom is -0.466 e. The highest BCUT2D eigenvalue weighted by Gasteiger charge is 2.10. The van der Waals surface area contributed by atoms with Crippen LogP contribution in [0.15, 0.2) is 0 Å². The second-order valence-electron chi connectivity index (χ2n) is 2.44. The van der Waals surface area contributed by atoms with E-state index < -0.39 is 0 Å². The first-order chi connectivity index (χ1) is 5.70. The molecule has 1 unspecified atom stereocenters. The lowest BCUT2D eigenvalue weighted by atomic mass is 10.2. The van der Waals surface area contributed by atoms with Crippen molar-refractivity contribution in [1.29, 1.82) is 0 Å². The molecular formula is C8H14Br2O2. The number of ether oxygens (including phenoxy) is 1. The largest absolute Gasteiger partial charge is 0.466 e. The SMILES string of the molecule is CCOC(=O)CC(Br)CCCBr. The monoisotopic (exact) mass is 300 g/mol. The Kier molecular flexibility index (Phi) is 8.34. The summed E-state index contributed by atoms with van der Waals surface area (Å²) in [5.74, 6) is -0.117. The van der Waals surface area contributed by atoms with Crippen LogP contribution in [0.2, 0.25) is 0 Å². The van der Waals surface area contributed by atoms with E-state index in [9.17, 15) is 4.79 Å². The smallest absolute Gasteiger partial charge is 0.306 e. The normalized spacial score (nSPS) is 12.6. The topological polar surface area (TPSA) is 26.3 Å². The first-order valence-electron chi connectivity index (χ1n) is 4.06. The summed E-state index contributed by atoms with van der Waals surface area (Å²) in [4.78, 5) is 11.2. The lowest BCUT2D eigenvalue weighted by molar-refractivity contribution is -0.143. The summed E-state index contributed by atoms with van der Waals surface area (Å²) in [6.45, 7) is 2.29. The van der Waals surface area contributed by atoms with Crippen LogP contribution in [0.4, 0.5) is 0 Å². The maximum Gasteiger partial charge on any atom is 0.306 e. The Morgan fingerprint density at radius 3 is 2.75 bits per heavy atom. The lowest BCUT2D eigenvalue weighted by Gasteiger charge is -2.07. The Bertz CT molecular complexity index is 128. The maximum atomic E-state index is 11.0. The van der Waals surface area contributed by atoms with Gasteiger partial charge in [0.15, 0.2) is 0 Å². The van der Waals surface area contributed by atoms with E-state index in [2.05, 4.69) is 31.9 Å². The van der Waals surface area contributed by atoms with Gasteiger partial charge in [0.2, 0.25) is 0 Å². The predicted molar refractivity (Wildman–Crippen MR) is 57.0 cm³/mol. The Labute approximate surface area is 90.3 Å². The summed E-state index contributed by atoms with van der Waals surface area (Å²) in [5, 5.41) is 0.984. The number of hydrogen-bond acceptors (Lipinski definition) is 2. The van der Waals surface area contributed by atoms with E-state index >= 15 is 0 Å². The number of halogens is 2. The summed E-state index contributed by atoms with van der Waals surface area (Å²) in [6.07, 6.45) is 2.56. The van der Waals surface area contributed by atoms with Crippen molar-refractivity contribution < 1.29 is 9.53 Å². The van der Waals surface area contributed by atoms with Crippen LogP contribution in [0.5, 0.6) is 0 Å². The lowest BCUT2D eigenvalue weighted by Crippen LogP contribution is -2.11. The second kappa shape index (κ2) is 8.05. The van der Waals surface area contributed by atoms with Gasteiger partial charge in [0.25, 0.3) is 0 Å².